The molecule has 0 spiro atoms. The smallest absolute Gasteiger partial charge is 0.406 e. The minimum atomic E-state index is -4.76. The fraction of sp³-hybridized carbons (Fsp3) is 0.200. The first kappa shape index (κ1) is 12.6. The van der Waals surface area contributed by atoms with Gasteiger partial charge in [0.1, 0.15) is 11.8 Å². The molecule has 18 heavy (non-hydrogen) atoms. The Balaban J connectivity index is 2.22. The number of halogens is 3. The van der Waals surface area contributed by atoms with Gasteiger partial charge in [-0.2, -0.15) is 0 Å². The normalized spacial score (nSPS) is 19.4. The number of rotatable bonds is 2. The summed E-state index contributed by atoms with van der Waals surface area (Å²) in [5.41, 5.74) is 0.342. The predicted molar refractivity (Wildman–Crippen MR) is 59.7 cm³/mol. The molecule has 1 heterocycles. The van der Waals surface area contributed by atoms with Crippen LogP contribution in [0.2, 0.25) is 0 Å². The molecule has 2 N–H and O–H groups in total. The molecule has 1 aromatic carbocycles. The van der Waals surface area contributed by atoms with Crippen LogP contribution in [0.3, 0.4) is 0 Å². The average Bonchev–Trinajstić information content (AvgIpc) is 2.55. The minimum absolute atomic E-state index is 0.146. The monoisotopic (exact) mass is 276 g/mol. The van der Waals surface area contributed by atoms with Gasteiger partial charge >= 0.3 is 6.36 Å². The summed E-state index contributed by atoms with van der Waals surface area (Å²) in [7, 11) is 0. The van der Waals surface area contributed by atoms with Crippen molar-refractivity contribution < 1.29 is 22.7 Å². The first-order valence-corrected chi connectivity index (χ1v) is 5.23. The van der Waals surface area contributed by atoms with Crippen LogP contribution in [0.5, 0.6) is 5.75 Å². The van der Waals surface area contributed by atoms with E-state index in [0.717, 1.165) is 12.1 Å². The molecule has 0 saturated carbocycles. The molecule has 0 radical (unpaired) electrons. The van der Waals surface area contributed by atoms with E-state index in [1.807, 2.05) is 0 Å². The van der Waals surface area contributed by atoms with Gasteiger partial charge in [-0.1, -0.05) is 12.1 Å². The van der Waals surface area contributed by atoms with Crippen LogP contribution in [0.1, 0.15) is 11.6 Å². The van der Waals surface area contributed by atoms with E-state index in [0.29, 0.717) is 5.56 Å². The van der Waals surface area contributed by atoms with E-state index in [2.05, 4.69) is 15.4 Å². The third-order valence-corrected chi connectivity index (χ3v) is 2.42. The Morgan fingerprint density at radius 2 is 2.06 bits per heavy atom. The minimum Gasteiger partial charge on any atom is -0.406 e. The third-order valence-electron chi connectivity index (χ3n) is 2.20. The topological polar surface area (TPSA) is 50.4 Å². The van der Waals surface area contributed by atoms with Crippen molar-refractivity contribution in [3.05, 3.63) is 29.8 Å². The molecule has 1 fully saturated rings. The summed E-state index contributed by atoms with van der Waals surface area (Å²) in [4.78, 5) is 11.5. The van der Waals surface area contributed by atoms with Crippen LogP contribution in [0.25, 0.3) is 0 Å². The number of nitrogens with one attached hydrogen (secondary N) is 2. The van der Waals surface area contributed by atoms with Gasteiger partial charge < -0.3 is 15.4 Å². The van der Waals surface area contributed by atoms with Gasteiger partial charge in [-0.25, -0.2) is 0 Å². The SMILES string of the molecule is O=C1NC(=S)NC1c1cccc(OC(F)(F)F)c1. The largest absolute Gasteiger partial charge is 0.573 e. The Morgan fingerprint density at radius 3 is 2.61 bits per heavy atom. The van der Waals surface area contributed by atoms with Crippen molar-refractivity contribution in [2.75, 3.05) is 0 Å². The van der Waals surface area contributed by atoms with E-state index in [4.69, 9.17) is 12.2 Å². The zero-order chi connectivity index (χ0) is 13.3. The second-order valence-electron chi connectivity index (χ2n) is 3.52. The van der Waals surface area contributed by atoms with Crippen LogP contribution < -0.4 is 15.4 Å². The van der Waals surface area contributed by atoms with E-state index in [1.165, 1.54) is 12.1 Å². The maximum absolute atomic E-state index is 12.1. The maximum atomic E-state index is 12.1. The molecule has 8 heteroatoms. The fourth-order valence-electron chi connectivity index (χ4n) is 1.54. The van der Waals surface area contributed by atoms with Crippen molar-refractivity contribution in [1.29, 1.82) is 0 Å². The highest BCUT2D eigenvalue weighted by Crippen LogP contribution is 2.26. The Bertz CT molecular complexity index is 504. The lowest BCUT2D eigenvalue weighted by atomic mass is 10.1. The van der Waals surface area contributed by atoms with Crippen LogP contribution in [0.4, 0.5) is 13.2 Å². The maximum Gasteiger partial charge on any atom is 0.573 e. The van der Waals surface area contributed by atoms with Gasteiger partial charge in [0.15, 0.2) is 5.11 Å². The molecule has 1 amide bonds. The molecule has 2 rings (SSSR count). The number of alkyl halides is 3. The molecule has 1 atom stereocenters. The molecule has 0 aromatic heterocycles. The lowest BCUT2D eigenvalue weighted by Crippen LogP contribution is -2.21. The number of carbonyl (C=O) groups excluding carboxylic acids is 1. The first-order valence-electron chi connectivity index (χ1n) is 4.82. The predicted octanol–water partition coefficient (Wildman–Crippen LogP) is 1.63. The number of hydrogen-bond acceptors (Lipinski definition) is 3. The first-order chi connectivity index (χ1) is 8.35. The molecule has 1 saturated heterocycles. The van der Waals surface area contributed by atoms with Crippen LogP contribution in [0, 0.1) is 0 Å². The Morgan fingerprint density at radius 1 is 1.33 bits per heavy atom. The van der Waals surface area contributed by atoms with Crippen molar-refractivity contribution in [3.8, 4) is 5.75 Å². The van der Waals surface area contributed by atoms with Crippen molar-refractivity contribution in [1.82, 2.24) is 10.6 Å². The van der Waals surface area contributed by atoms with E-state index in [9.17, 15) is 18.0 Å². The van der Waals surface area contributed by atoms with Crippen LogP contribution in [-0.4, -0.2) is 17.4 Å². The van der Waals surface area contributed by atoms with Crippen LogP contribution in [0.15, 0.2) is 24.3 Å². The summed E-state index contributed by atoms with van der Waals surface area (Å²) in [6.45, 7) is 0. The fourth-order valence-corrected chi connectivity index (χ4v) is 1.76. The van der Waals surface area contributed by atoms with Gasteiger partial charge in [0.05, 0.1) is 0 Å². The zero-order valence-electron chi connectivity index (χ0n) is 8.75. The quantitative estimate of drug-likeness (QED) is 0.806. The molecule has 0 bridgehead atoms. The lowest BCUT2D eigenvalue weighted by Gasteiger charge is -2.12. The zero-order valence-corrected chi connectivity index (χ0v) is 9.56. The highest BCUT2D eigenvalue weighted by atomic mass is 32.1. The molecule has 0 aliphatic carbocycles. The van der Waals surface area contributed by atoms with E-state index >= 15 is 0 Å². The summed E-state index contributed by atoms with van der Waals surface area (Å²) in [5.74, 6) is -0.795. The molecule has 1 aromatic rings. The molecule has 1 aliphatic rings. The van der Waals surface area contributed by atoms with Crippen molar-refractivity contribution >= 4 is 23.2 Å². The number of ether oxygens (including phenoxy) is 1. The van der Waals surface area contributed by atoms with Crippen molar-refractivity contribution in [2.45, 2.75) is 12.4 Å². The Kier molecular flexibility index (Phi) is 3.12. The van der Waals surface area contributed by atoms with Gasteiger partial charge in [0.2, 0.25) is 0 Å². The lowest BCUT2D eigenvalue weighted by molar-refractivity contribution is -0.274. The van der Waals surface area contributed by atoms with E-state index in [1.54, 1.807) is 0 Å². The molecular formula is C10H7F3N2O2S. The third kappa shape index (κ3) is 2.89. The Labute approximate surface area is 105 Å². The standard InChI is InChI=1S/C10H7F3N2O2S/c11-10(12,13)17-6-3-1-2-5(4-6)7-8(16)15-9(18)14-7/h1-4,7H,(H2,14,15,16,18). The average molecular weight is 276 g/mol. The molecular weight excluding hydrogens is 269 g/mol. The van der Waals surface area contributed by atoms with Crippen LogP contribution >= 0.6 is 12.2 Å². The molecule has 96 valence electrons. The van der Waals surface area contributed by atoms with Crippen molar-refractivity contribution in [3.63, 3.8) is 0 Å². The van der Waals surface area contributed by atoms with Gasteiger partial charge in [-0.15, -0.1) is 13.2 Å². The molecule has 1 unspecified atom stereocenters. The number of thiocarbonyl (C=S) groups is 1. The van der Waals surface area contributed by atoms with Gasteiger partial charge in [0, 0.05) is 0 Å². The highest BCUT2D eigenvalue weighted by molar-refractivity contribution is 7.80. The van der Waals surface area contributed by atoms with Gasteiger partial charge in [0.25, 0.3) is 5.91 Å². The second kappa shape index (κ2) is 4.45. The molecule has 4 nitrogen and oxygen atoms in total. The van der Waals surface area contributed by atoms with Crippen molar-refractivity contribution in [2.24, 2.45) is 0 Å². The van der Waals surface area contributed by atoms with Gasteiger partial charge in [-0.3, -0.25) is 4.79 Å². The summed E-state index contributed by atoms with van der Waals surface area (Å²) in [6, 6.07) is 4.37. The molecule has 1 aliphatic heterocycles. The summed E-state index contributed by atoms with van der Waals surface area (Å²) < 4.78 is 39.9. The number of carbonyl (C=O) groups is 1. The van der Waals surface area contributed by atoms with E-state index < -0.39 is 18.3 Å². The van der Waals surface area contributed by atoms with Crippen LogP contribution in [-0.2, 0) is 4.79 Å². The Hall–Kier alpha value is -1.83. The van der Waals surface area contributed by atoms with Gasteiger partial charge in [-0.05, 0) is 29.9 Å². The summed E-state index contributed by atoms with van der Waals surface area (Å²) in [5, 5.41) is 5.14. The number of benzene rings is 1. The highest BCUT2D eigenvalue weighted by Gasteiger charge is 2.32. The second-order valence-corrected chi connectivity index (χ2v) is 3.92. The van der Waals surface area contributed by atoms with E-state index in [-0.39, 0.29) is 10.9 Å². The number of amides is 1. The number of hydrogen-bond donors (Lipinski definition) is 2. The summed E-state index contributed by atoms with van der Waals surface area (Å²) >= 11 is 4.74. The summed E-state index contributed by atoms with van der Waals surface area (Å²) in [6.07, 6.45) is -4.76.